The molecule has 0 fully saturated rings. The number of hydrazone groups is 1. The lowest BCUT2D eigenvalue weighted by molar-refractivity contribution is 0.0696. The van der Waals surface area contributed by atoms with Crippen molar-refractivity contribution in [3.05, 3.63) is 81.2 Å². The molecule has 3 aromatic rings. The van der Waals surface area contributed by atoms with Crippen molar-refractivity contribution in [2.24, 2.45) is 5.10 Å². The molecule has 0 aliphatic carbocycles. The normalized spacial score (nSPS) is 10.8. The maximum Gasteiger partial charge on any atom is 0.335 e. The molecule has 0 saturated heterocycles. The summed E-state index contributed by atoms with van der Waals surface area (Å²) in [5.74, 6) is -0.707. The number of carboxylic acid groups (broad SMARTS) is 1. The van der Waals surface area contributed by atoms with Crippen molar-refractivity contribution in [3.8, 4) is 11.4 Å². The Balaban J connectivity index is 1.73. The Morgan fingerprint density at radius 2 is 1.86 bits per heavy atom. The van der Waals surface area contributed by atoms with E-state index in [1.807, 2.05) is 22.9 Å². The van der Waals surface area contributed by atoms with Crippen molar-refractivity contribution in [1.29, 1.82) is 0 Å². The fourth-order valence-corrected chi connectivity index (χ4v) is 3.08. The number of benzene rings is 2. The second-order valence-corrected chi connectivity index (χ2v) is 6.87. The van der Waals surface area contributed by atoms with Gasteiger partial charge in [0.1, 0.15) is 5.75 Å². The number of rotatable bonds is 6. The number of halogens is 1. The molecule has 0 aliphatic rings. The highest BCUT2D eigenvalue weighted by atomic mass is 127. The zero-order valence-corrected chi connectivity index (χ0v) is 17.0. The van der Waals surface area contributed by atoms with E-state index in [1.165, 1.54) is 18.3 Å². The van der Waals surface area contributed by atoms with Crippen LogP contribution in [0.25, 0.3) is 5.69 Å². The minimum atomic E-state index is -0.976. The topological polar surface area (TPSA) is 92.9 Å². The first kappa shape index (κ1) is 19.6. The SMILES string of the molecule is COc1cc(C(=O)NN=Cc2cccn2-c2ccc(C(=O)O)cc2)ccc1I. The molecule has 7 nitrogen and oxygen atoms in total. The van der Waals surface area contributed by atoms with E-state index in [9.17, 15) is 9.59 Å². The van der Waals surface area contributed by atoms with Gasteiger partial charge in [-0.25, -0.2) is 10.2 Å². The van der Waals surface area contributed by atoms with Crippen molar-refractivity contribution in [2.45, 2.75) is 0 Å². The van der Waals surface area contributed by atoms with Gasteiger partial charge < -0.3 is 14.4 Å². The first-order chi connectivity index (χ1) is 13.5. The van der Waals surface area contributed by atoms with E-state index < -0.39 is 5.97 Å². The number of hydrogen-bond donors (Lipinski definition) is 2. The molecule has 142 valence electrons. The van der Waals surface area contributed by atoms with E-state index >= 15 is 0 Å². The van der Waals surface area contributed by atoms with Crippen molar-refractivity contribution in [1.82, 2.24) is 9.99 Å². The standard InChI is InChI=1S/C20H16IN3O4/c1-28-18-11-14(6-9-17(18)21)19(25)23-22-12-16-3-2-10-24(16)15-7-4-13(5-8-15)20(26)27/h2-12H,1H3,(H,23,25)(H,26,27). The van der Waals surface area contributed by atoms with Crippen LogP contribution in [0.5, 0.6) is 5.75 Å². The number of carbonyl (C=O) groups is 2. The van der Waals surface area contributed by atoms with E-state index in [0.29, 0.717) is 11.3 Å². The number of carbonyl (C=O) groups excluding carboxylic acids is 1. The Morgan fingerprint density at radius 3 is 2.54 bits per heavy atom. The van der Waals surface area contributed by atoms with Gasteiger partial charge in [-0.15, -0.1) is 0 Å². The molecule has 28 heavy (non-hydrogen) atoms. The fraction of sp³-hybridized carbons (Fsp3) is 0.0500. The van der Waals surface area contributed by atoms with Gasteiger partial charge in [0.15, 0.2) is 0 Å². The molecule has 2 aromatic carbocycles. The van der Waals surface area contributed by atoms with Gasteiger partial charge in [0.25, 0.3) is 5.91 Å². The highest BCUT2D eigenvalue weighted by Crippen LogP contribution is 2.21. The minimum absolute atomic E-state index is 0.214. The van der Waals surface area contributed by atoms with Crippen LogP contribution in [-0.4, -0.2) is 34.9 Å². The van der Waals surface area contributed by atoms with Crippen LogP contribution in [0.3, 0.4) is 0 Å². The maximum absolute atomic E-state index is 12.3. The van der Waals surface area contributed by atoms with Gasteiger partial charge in [-0.3, -0.25) is 4.79 Å². The summed E-state index contributed by atoms with van der Waals surface area (Å²) in [4.78, 5) is 23.2. The monoisotopic (exact) mass is 489 g/mol. The Bertz CT molecular complexity index is 1040. The number of nitrogens with one attached hydrogen (secondary N) is 1. The molecule has 0 atom stereocenters. The largest absolute Gasteiger partial charge is 0.496 e. The molecular formula is C20H16IN3O4. The highest BCUT2D eigenvalue weighted by molar-refractivity contribution is 14.1. The first-order valence-corrected chi connectivity index (χ1v) is 9.25. The summed E-state index contributed by atoms with van der Waals surface area (Å²) < 4.78 is 7.96. The van der Waals surface area contributed by atoms with Crippen molar-refractivity contribution >= 4 is 40.7 Å². The smallest absolute Gasteiger partial charge is 0.335 e. The van der Waals surface area contributed by atoms with Crippen LogP contribution in [0.4, 0.5) is 0 Å². The number of aromatic carboxylic acids is 1. The molecule has 0 bridgehead atoms. The van der Waals surface area contributed by atoms with E-state index in [0.717, 1.165) is 15.0 Å². The number of hydrogen-bond acceptors (Lipinski definition) is 4. The third kappa shape index (κ3) is 4.39. The molecule has 0 saturated carbocycles. The van der Waals surface area contributed by atoms with Gasteiger partial charge in [0.05, 0.1) is 28.2 Å². The zero-order chi connectivity index (χ0) is 20.1. The third-order valence-electron chi connectivity index (χ3n) is 3.95. The number of amides is 1. The third-order valence-corrected chi connectivity index (χ3v) is 4.84. The lowest BCUT2D eigenvalue weighted by atomic mass is 10.2. The average Bonchev–Trinajstić information content (AvgIpc) is 3.16. The predicted molar refractivity (Wildman–Crippen MR) is 113 cm³/mol. The van der Waals surface area contributed by atoms with Gasteiger partial charge in [-0.1, -0.05) is 0 Å². The fourth-order valence-electron chi connectivity index (χ4n) is 2.52. The van der Waals surface area contributed by atoms with E-state index in [1.54, 1.807) is 37.4 Å². The molecule has 0 aliphatic heterocycles. The molecule has 1 heterocycles. The van der Waals surface area contributed by atoms with Crippen LogP contribution in [0, 0.1) is 3.57 Å². The lowest BCUT2D eigenvalue weighted by Gasteiger charge is -2.07. The summed E-state index contributed by atoms with van der Waals surface area (Å²) in [7, 11) is 1.55. The number of methoxy groups -OCH3 is 1. The molecule has 1 aromatic heterocycles. The van der Waals surface area contributed by atoms with Gasteiger partial charge in [-0.05, 0) is 77.2 Å². The molecule has 8 heteroatoms. The Labute approximate surface area is 174 Å². The minimum Gasteiger partial charge on any atom is -0.496 e. The number of nitrogens with zero attached hydrogens (tertiary/aromatic N) is 2. The molecule has 0 spiro atoms. The summed E-state index contributed by atoms with van der Waals surface area (Å²) in [5.41, 5.74) is 4.65. The molecule has 1 amide bonds. The zero-order valence-electron chi connectivity index (χ0n) is 14.8. The van der Waals surface area contributed by atoms with E-state index in [-0.39, 0.29) is 11.5 Å². The van der Waals surface area contributed by atoms with Crippen LogP contribution in [-0.2, 0) is 0 Å². The van der Waals surface area contributed by atoms with Crippen molar-refractivity contribution < 1.29 is 19.4 Å². The van der Waals surface area contributed by atoms with Crippen molar-refractivity contribution in [3.63, 3.8) is 0 Å². The average molecular weight is 489 g/mol. The predicted octanol–water partition coefficient (Wildman–Crippen LogP) is 3.55. The molecule has 3 rings (SSSR count). The van der Waals surface area contributed by atoms with Gasteiger partial charge in [0.2, 0.25) is 0 Å². The van der Waals surface area contributed by atoms with Gasteiger partial charge in [-0.2, -0.15) is 5.10 Å². The molecular weight excluding hydrogens is 473 g/mol. The summed E-state index contributed by atoms with van der Waals surface area (Å²) >= 11 is 2.13. The highest BCUT2D eigenvalue weighted by Gasteiger charge is 2.09. The van der Waals surface area contributed by atoms with Crippen LogP contribution >= 0.6 is 22.6 Å². The van der Waals surface area contributed by atoms with Crippen LogP contribution < -0.4 is 10.2 Å². The molecule has 2 N–H and O–H groups in total. The van der Waals surface area contributed by atoms with Crippen LogP contribution in [0.2, 0.25) is 0 Å². The first-order valence-electron chi connectivity index (χ1n) is 8.17. The quantitative estimate of drug-likeness (QED) is 0.315. The Morgan fingerprint density at radius 1 is 1.14 bits per heavy atom. The lowest BCUT2D eigenvalue weighted by Crippen LogP contribution is -2.18. The second kappa shape index (κ2) is 8.70. The maximum atomic E-state index is 12.3. The van der Waals surface area contributed by atoms with E-state index in [4.69, 9.17) is 9.84 Å². The van der Waals surface area contributed by atoms with Crippen LogP contribution in [0.1, 0.15) is 26.4 Å². The number of ether oxygens (including phenoxy) is 1. The Kier molecular flexibility index (Phi) is 6.09. The summed E-state index contributed by atoms with van der Waals surface area (Å²) in [5, 5.41) is 13.0. The summed E-state index contributed by atoms with van der Waals surface area (Å²) in [6.45, 7) is 0. The summed E-state index contributed by atoms with van der Waals surface area (Å²) in [6.07, 6.45) is 3.34. The number of carboxylic acids is 1. The summed E-state index contributed by atoms with van der Waals surface area (Å²) in [6, 6.07) is 15.3. The second-order valence-electron chi connectivity index (χ2n) is 5.70. The van der Waals surface area contributed by atoms with Crippen molar-refractivity contribution in [2.75, 3.05) is 7.11 Å². The number of aromatic nitrogens is 1. The van der Waals surface area contributed by atoms with Gasteiger partial charge >= 0.3 is 5.97 Å². The Hall–Kier alpha value is -3.14. The van der Waals surface area contributed by atoms with E-state index in [2.05, 4.69) is 33.1 Å². The molecule has 0 radical (unpaired) electrons. The molecule has 0 unspecified atom stereocenters. The van der Waals surface area contributed by atoms with Gasteiger partial charge in [0, 0.05) is 17.4 Å². The van der Waals surface area contributed by atoms with Crippen LogP contribution in [0.15, 0.2) is 65.9 Å².